The van der Waals surface area contributed by atoms with Gasteiger partial charge in [-0.3, -0.25) is 0 Å². The van der Waals surface area contributed by atoms with Gasteiger partial charge in [0, 0.05) is 0 Å². The van der Waals surface area contributed by atoms with Crippen molar-refractivity contribution in [1.29, 1.82) is 0 Å². The van der Waals surface area contributed by atoms with Crippen LogP contribution in [0.25, 0.3) is 0 Å². The third kappa shape index (κ3) is 2.82. The van der Waals surface area contributed by atoms with Crippen LogP contribution in [-0.4, -0.2) is 11.2 Å². The van der Waals surface area contributed by atoms with Gasteiger partial charge < -0.3 is 4.74 Å². The zero-order valence-corrected chi connectivity index (χ0v) is 11.0. The molecular weight excluding hydrogens is 208 g/mol. The molecule has 0 unspecified atom stereocenters. The van der Waals surface area contributed by atoms with Crippen LogP contribution < -0.4 is 0 Å². The van der Waals surface area contributed by atoms with Crippen molar-refractivity contribution >= 4 is 0 Å². The molecular formula is C16H26O. The standard InChI is InChI=1S/C16H26O/c1-3-15(11-7-5-8-12-15)17-16(4-2)13-9-6-10-14-16/h3-4H,1-2,5-14H2. The summed E-state index contributed by atoms with van der Waals surface area (Å²) in [5, 5.41) is 0. The fourth-order valence-corrected chi connectivity index (χ4v) is 3.40. The average molecular weight is 234 g/mol. The zero-order valence-electron chi connectivity index (χ0n) is 11.0. The van der Waals surface area contributed by atoms with Crippen molar-refractivity contribution in [2.75, 3.05) is 0 Å². The summed E-state index contributed by atoms with van der Waals surface area (Å²) in [4.78, 5) is 0. The Bertz CT molecular complexity index is 239. The van der Waals surface area contributed by atoms with E-state index in [1.54, 1.807) is 0 Å². The fraction of sp³-hybridized carbons (Fsp3) is 0.750. The molecule has 0 saturated heterocycles. The Balaban J connectivity index is 2.09. The van der Waals surface area contributed by atoms with Crippen molar-refractivity contribution in [2.24, 2.45) is 0 Å². The Kier molecular flexibility index (Phi) is 4.09. The molecule has 2 rings (SSSR count). The second-order valence-electron chi connectivity index (χ2n) is 5.76. The van der Waals surface area contributed by atoms with Crippen LogP contribution in [-0.2, 0) is 4.74 Å². The highest BCUT2D eigenvalue weighted by molar-refractivity contribution is 5.07. The van der Waals surface area contributed by atoms with E-state index in [0.29, 0.717) is 0 Å². The second kappa shape index (κ2) is 5.39. The molecule has 0 bridgehead atoms. The minimum absolute atomic E-state index is 0.0657. The number of rotatable bonds is 4. The molecule has 0 spiro atoms. The Morgan fingerprint density at radius 3 is 1.29 bits per heavy atom. The molecule has 0 aromatic rings. The van der Waals surface area contributed by atoms with E-state index in [1.807, 2.05) is 0 Å². The van der Waals surface area contributed by atoms with E-state index in [9.17, 15) is 0 Å². The van der Waals surface area contributed by atoms with E-state index in [-0.39, 0.29) is 11.2 Å². The van der Waals surface area contributed by atoms with Gasteiger partial charge in [-0.1, -0.05) is 50.7 Å². The molecule has 17 heavy (non-hydrogen) atoms. The van der Waals surface area contributed by atoms with E-state index < -0.39 is 0 Å². The second-order valence-corrected chi connectivity index (χ2v) is 5.76. The fourth-order valence-electron chi connectivity index (χ4n) is 3.40. The third-order valence-electron chi connectivity index (χ3n) is 4.55. The highest BCUT2D eigenvalue weighted by Gasteiger charge is 2.39. The summed E-state index contributed by atoms with van der Waals surface area (Å²) in [6, 6.07) is 0. The quantitative estimate of drug-likeness (QED) is 0.636. The van der Waals surface area contributed by atoms with Crippen LogP contribution in [0.4, 0.5) is 0 Å². The summed E-state index contributed by atoms with van der Waals surface area (Å²) >= 11 is 0. The maximum absolute atomic E-state index is 6.57. The molecule has 0 aliphatic heterocycles. The molecule has 2 fully saturated rings. The van der Waals surface area contributed by atoms with Crippen molar-refractivity contribution in [1.82, 2.24) is 0 Å². The van der Waals surface area contributed by atoms with Crippen molar-refractivity contribution in [2.45, 2.75) is 75.4 Å². The van der Waals surface area contributed by atoms with Crippen molar-refractivity contribution in [3.63, 3.8) is 0 Å². The summed E-state index contributed by atoms with van der Waals surface area (Å²) in [5.74, 6) is 0. The summed E-state index contributed by atoms with van der Waals surface area (Å²) in [5.41, 5.74) is -0.131. The first-order valence-corrected chi connectivity index (χ1v) is 7.22. The smallest absolute Gasteiger partial charge is 0.0871 e. The first kappa shape index (κ1) is 12.9. The minimum atomic E-state index is -0.0657. The van der Waals surface area contributed by atoms with Crippen molar-refractivity contribution < 1.29 is 4.74 Å². The number of ether oxygens (including phenoxy) is 1. The van der Waals surface area contributed by atoms with Gasteiger partial charge in [-0.05, 0) is 25.7 Å². The van der Waals surface area contributed by atoms with E-state index in [0.717, 1.165) is 25.7 Å². The number of hydrogen-bond acceptors (Lipinski definition) is 1. The van der Waals surface area contributed by atoms with E-state index in [2.05, 4.69) is 25.3 Å². The molecule has 2 saturated carbocycles. The van der Waals surface area contributed by atoms with Gasteiger partial charge in [0.15, 0.2) is 0 Å². The van der Waals surface area contributed by atoms with Crippen LogP contribution in [0.3, 0.4) is 0 Å². The van der Waals surface area contributed by atoms with Gasteiger partial charge in [-0.2, -0.15) is 0 Å². The van der Waals surface area contributed by atoms with E-state index in [1.165, 1.54) is 38.5 Å². The lowest BCUT2D eigenvalue weighted by Gasteiger charge is -2.45. The van der Waals surface area contributed by atoms with Gasteiger partial charge in [0.1, 0.15) is 0 Å². The lowest BCUT2D eigenvalue weighted by Crippen LogP contribution is -2.44. The van der Waals surface area contributed by atoms with Crippen LogP contribution in [0.1, 0.15) is 64.2 Å². The maximum Gasteiger partial charge on any atom is 0.0871 e. The molecule has 0 amide bonds. The Morgan fingerprint density at radius 1 is 0.647 bits per heavy atom. The molecule has 0 aromatic heterocycles. The molecule has 1 nitrogen and oxygen atoms in total. The van der Waals surface area contributed by atoms with Gasteiger partial charge in [0.05, 0.1) is 11.2 Å². The molecule has 96 valence electrons. The zero-order chi connectivity index (χ0) is 12.2. The first-order chi connectivity index (χ1) is 8.24. The molecule has 0 heterocycles. The third-order valence-corrected chi connectivity index (χ3v) is 4.55. The lowest BCUT2D eigenvalue weighted by atomic mass is 9.80. The van der Waals surface area contributed by atoms with Crippen LogP contribution in [0, 0.1) is 0 Å². The lowest BCUT2D eigenvalue weighted by molar-refractivity contribution is -0.136. The predicted octanol–water partition coefficient (Wildman–Crippen LogP) is 4.78. The molecule has 2 aliphatic rings. The Labute approximate surface area is 106 Å². The van der Waals surface area contributed by atoms with Gasteiger partial charge in [0.2, 0.25) is 0 Å². The van der Waals surface area contributed by atoms with Gasteiger partial charge in [-0.15, -0.1) is 13.2 Å². The molecule has 0 atom stereocenters. The van der Waals surface area contributed by atoms with Crippen LogP contribution in [0.15, 0.2) is 25.3 Å². The first-order valence-electron chi connectivity index (χ1n) is 7.22. The summed E-state index contributed by atoms with van der Waals surface area (Å²) in [6.45, 7) is 8.06. The van der Waals surface area contributed by atoms with E-state index in [4.69, 9.17) is 4.74 Å². The largest absolute Gasteiger partial charge is 0.360 e. The molecule has 1 heteroatoms. The average Bonchev–Trinajstić information content (AvgIpc) is 2.41. The highest BCUT2D eigenvalue weighted by atomic mass is 16.5. The monoisotopic (exact) mass is 234 g/mol. The van der Waals surface area contributed by atoms with Gasteiger partial charge in [0.25, 0.3) is 0 Å². The Morgan fingerprint density at radius 2 is 1.00 bits per heavy atom. The van der Waals surface area contributed by atoms with E-state index >= 15 is 0 Å². The predicted molar refractivity (Wildman–Crippen MR) is 73.1 cm³/mol. The number of hydrogen-bond donors (Lipinski definition) is 0. The minimum Gasteiger partial charge on any atom is -0.360 e. The van der Waals surface area contributed by atoms with Gasteiger partial charge >= 0.3 is 0 Å². The topological polar surface area (TPSA) is 9.23 Å². The van der Waals surface area contributed by atoms with Crippen LogP contribution >= 0.6 is 0 Å². The normalized spacial score (nSPS) is 27.3. The molecule has 0 aromatic carbocycles. The Hall–Kier alpha value is -0.560. The summed E-state index contributed by atoms with van der Waals surface area (Å²) < 4.78 is 6.57. The van der Waals surface area contributed by atoms with Crippen LogP contribution in [0.5, 0.6) is 0 Å². The SMILES string of the molecule is C=CC1(OC2(C=C)CCCCC2)CCCCC1. The summed E-state index contributed by atoms with van der Waals surface area (Å²) in [7, 11) is 0. The molecule has 0 radical (unpaired) electrons. The van der Waals surface area contributed by atoms with Crippen molar-refractivity contribution in [3.05, 3.63) is 25.3 Å². The summed E-state index contributed by atoms with van der Waals surface area (Å²) in [6.07, 6.45) is 16.5. The van der Waals surface area contributed by atoms with Crippen LogP contribution in [0.2, 0.25) is 0 Å². The van der Waals surface area contributed by atoms with Gasteiger partial charge in [-0.25, -0.2) is 0 Å². The molecule has 2 aliphatic carbocycles. The van der Waals surface area contributed by atoms with Crippen molar-refractivity contribution in [3.8, 4) is 0 Å². The molecule has 0 N–H and O–H groups in total. The highest BCUT2D eigenvalue weighted by Crippen LogP contribution is 2.41. The maximum atomic E-state index is 6.57.